The molecule has 0 bridgehead atoms. The van der Waals surface area contributed by atoms with Gasteiger partial charge in [0, 0.05) is 23.2 Å². The van der Waals surface area contributed by atoms with Crippen LogP contribution in [0.1, 0.15) is 38.4 Å². The van der Waals surface area contributed by atoms with E-state index in [1.54, 1.807) is 18.2 Å². The molecule has 6 rings (SSSR count). The second kappa shape index (κ2) is 9.47. The lowest BCUT2D eigenvalue weighted by Gasteiger charge is -2.46. The van der Waals surface area contributed by atoms with E-state index in [2.05, 4.69) is 5.32 Å². The summed E-state index contributed by atoms with van der Waals surface area (Å²) in [7, 11) is 0. The molecule has 39 heavy (non-hydrogen) atoms. The van der Waals surface area contributed by atoms with Gasteiger partial charge in [0.15, 0.2) is 17.4 Å². The third-order valence-electron chi connectivity index (χ3n) is 8.62. The predicted octanol–water partition coefficient (Wildman–Crippen LogP) is 5.52. The van der Waals surface area contributed by atoms with Gasteiger partial charge in [0.2, 0.25) is 11.8 Å². The standard InChI is InChI=1S/C31H31FN2O5/c1-17(2)23-15-22-28(24-16-27(39-31(23,24)38)18-8-13-26(35)25(32)14-18)30(37)34(29(22)36)21-11-9-20(10-12-21)33-19-6-4-3-5-7-19/h3-14,17,22-24,27-28,33,35,38H,15-16H2,1-2H3/t22-,23+,24-,27-,28-,31+/m0/s1. The Morgan fingerprint density at radius 3 is 2.33 bits per heavy atom. The van der Waals surface area contributed by atoms with Crippen molar-refractivity contribution in [3.05, 3.63) is 84.2 Å². The minimum Gasteiger partial charge on any atom is -0.505 e. The largest absolute Gasteiger partial charge is 0.505 e. The van der Waals surface area contributed by atoms with Gasteiger partial charge in [-0.2, -0.15) is 0 Å². The molecule has 3 aliphatic rings. The summed E-state index contributed by atoms with van der Waals surface area (Å²) in [6, 6.07) is 20.8. The highest BCUT2D eigenvalue weighted by molar-refractivity contribution is 6.22. The number of phenolic OH excluding ortho intramolecular Hbond substituents is 1. The number of aliphatic hydroxyl groups is 1. The number of benzene rings is 3. The van der Waals surface area contributed by atoms with Gasteiger partial charge in [-0.25, -0.2) is 4.39 Å². The highest BCUT2D eigenvalue weighted by Gasteiger charge is 2.67. The van der Waals surface area contributed by atoms with Gasteiger partial charge in [0.1, 0.15) is 0 Å². The van der Waals surface area contributed by atoms with E-state index in [1.807, 2.05) is 56.3 Å². The number of rotatable bonds is 5. The fourth-order valence-electron chi connectivity index (χ4n) is 6.73. The van der Waals surface area contributed by atoms with Crippen LogP contribution in [0, 0.1) is 35.4 Å². The van der Waals surface area contributed by atoms with Gasteiger partial charge < -0.3 is 20.3 Å². The van der Waals surface area contributed by atoms with Crippen molar-refractivity contribution in [2.45, 2.75) is 38.6 Å². The second-order valence-electron chi connectivity index (χ2n) is 11.2. The first kappa shape index (κ1) is 25.5. The Balaban J connectivity index is 1.30. The van der Waals surface area contributed by atoms with Crippen molar-refractivity contribution in [2.75, 3.05) is 10.2 Å². The molecule has 3 aromatic carbocycles. The number of amides is 2. The Labute approximate surface area is 226 Å². The first-order valence-electron chi connectivity index (χ1n) is 13.4. The van der Waals surface area contributed by atoms with Crippen LogP contribution in [0.4, 0.5) is 21.5 Å². The maximum Gasteiger partial charge on any atom is 0.238 e. The van der Waals surface area contributed by atoms with Crippen molar-refractivity contribution in [1.29, 1.82) is 0 Å². The Morgan fingerprint density at radius 1 is 0.974 bits per heavy atom. The van der Waals surface area contributed by atoms with Crippen molar-refractivity contribution < 1.29 is 28.9 Å². The minimum absolute atomic E-state index is 0.0194. The van der Waals surface area contributed by atoms with E-state index >= 15 is 0 Å². The molecule has 2 amide bonds. The molecule has 3 fully saturated rings. The van der Waals surface area contributed by atoms with E-state index in [-0.39, 0.29) is 30.1 Å². The number of nitrogens with one attached hydrogen (secondary N) is 1. The fourth-order valence-corrected chi connectivity index (χ4v) is 6.73. The molecule has 2 heterocycles. The number of halogens is 1. The van der Waals surface area contributed by atoms with Crippen molar-refractivity contribution in [2.24, 2.45) is 29.6 Å². The van der Waals surface area contributed by atoms with Crippen LogP contribution in [-0.2, 0) is 14.3 Å². The maximum absolute atomic E-state index is 14.1. The SMILES string of the molecule is CC(C)[C@H]1C[C@@H]2C(=O)N(c3ccc(Nc4ccccc4)cc3)C(=O)[C@@H]2[C@@H]2C[C@@H](c3ccc(O)c(F)c3)O[C@]12O. The highest BCUT2D eigenvalue weighted by atomic mass is 19.1. The number of carbonyl (C=O) groups is 2. The minimum atomic E-state index is -1.64. The number of hydrogen-bond donors (Lipinski definition) is 3. The van der Waals surface area contributed by atoms with E-state index in [1.165, 1.54) is 17.0 Å². The normalized spacial score (nSPS) is 30.0. The molecule has 1 saturated carbocycles. The summed E-state index contributed by atoms with van der Waals surface area (Å²) in [5.74, 6) is -5.84. The maximum atomic E-state index is 14.1. The van der Waals surface area contributed by atoms with Crippen molar-refractivity contribution >= 4 is 28.9 Å². The Morgan fingerprint density at radius 2 is 1.67 bits per heavy atom. The number of imide groups is 1. The number of fused-ring (bicyclic) bond motifs is 3. The van der Waals surface area contributed by atoms with Crippen molar-refractivity contribution in [3.8, 4) is 5.75 Å². The van der Waals surface area contributed by atoms with E-state index in [0.29, 0.717) is 17.7 Å². The van der Waals surface area contributed by atoms with Crippen LogP contribution in [0.5, 0.6) is 5.75 Å². The second-order valence-corrected chi connectivity index (χ2v) is 11.2. The summed E-state index contributed by atoms with van der Waals surface area (Å²) in [5.41, 5.74) is 2.71. The van der Waals surface area contributed by atoms with Crippen molar-refractivity contribution in [1.82, 2.24) is 0 Å². The Hall–Kier alpha value is -3.75. The summed E-state index contributed by atoms with van der Waals surface area (Å²) in [5, 5.41) is 24.8. The predicted molar refractivity (Wildman–Crippen MR) is 144 cm³/mol. The highest BCUT2D eigenvalue weighted by Crippen LogP contribution is 2.60. The molecule has 3 N–H and O–H groups in total. The summed E-state index contributed by atoms with van der Waals surface area (Å²) >= 11 is 0. The first-order valence-corrected chi connectivity index (χ1v) is 13.4. The Bertz CT molecular complexity index is 1410. The van der Waals surface area contributed by atoms with Gasteiger partial charge >= 0.3 is 0 Å². The monoisotopic (exact) mass is 530 g/mol. The van der Waals surface area contributed by atoms with E-state index in [4.69, 9.17) is 4.74 Å². The molecule has 0 aromatic heterocycles. The molecule has 8 heteroatoms. The van der Waals surface area contributed by atoms with Crippen LogP contribution < -0.4 is 10.2 Å². The summed E-state index contributed by atoms with van der Waals surface area (Å²) in [4.78, 5) is 28.8. The van der Waals surface area contributed by atoms with Crippen LogP contribution in [-0.4, -0.2) is 27.8 Å². The van der Waals surface area contributed by atoms with Crippen LogP contribution >= 0.6 is 0 Å². The molecule has 3 aromatic rings. The van der Waals surface area contributed by atoms with E-state index in [9.17, 15) is 24.2 Å². The molecule has 0 unspecified atom stereocenters. The van der Waals surface area contributed by atoms with Crippen LogP contribution in [0.2, 0.25) is 0 Å². The lowest BCUT2D eigenvalue weighted by Crippen LogP contribution is -2.55. The molecule has 6 atom stereocenters. The van der Waals surface area contributed by atoms with Gasteiger partial charge in [-0.3, -0.25) is 14.5 Å². The molecule has 0 radical (unpaired) electrons. The smallest absolute Gasteiger partial charge is 0.238 e. The topological polar surface area (TPSA) is 99.1 Å². The van der Waals surface area contributed by atoms with E-state index in [0.717, 1.165) is 11.4 Å². The number of hydrogen-bond acceptors (Lipinski definition) is 6. The summed E-state index contributed by atoms with van der Waals surface area (Å²) in [6.07, 6.45) is -0.0890. The number of phenols is 1. The first-order chi connectivity index (χ1) is 18.7. The quantitative estimate of drug-likeness (QED) is 0.376. The van der Waals surface area contributed by atoms with Crippen LogP contribution in [0.3, 0.4) is 0 Å². The average Bonchev–Trinajstić information content (AvgIpc) is 3.39. The number of para-hydroxylation sites is 1. The number of aromatic hydroxyl groups is 1. The number of nitrogens with zero attached hydrogens (tertiary/aromatic N) is 1. The zero-order valence-corrected chi connectivity index (χ0v) is 21.8. The third kappa shape index (κ3) is 4.19. The van der Waals surface area contributed by atoms with Gasteiger partial charge in [-0.1, -0.05) is 38.1 Å². The van der Waals surface area contributed by atoms with Crippen LogP contribution in [0.25, 0.3) is 0 Å². The lowest BCUT2D eigenvalue weighted by molar-refractivity contribution is -0.276. The summed E-state index contributed by atoms with van der Waals surface area (Å²) < 4.78 is 20.4. The zero-order valence-electron chi connectivity index (χ0n) is 21.8. The van der Waals surface area contributed by atoms with Crippen molar-refractivity contribution in [3.63, 3.8) is 0 Å². The Kier molecular flexibility index (Phi) is 6.19. The molecule has 0 spiro atoms. The van der Waals surface area contributed by atoms with E-state index < -0.39 is 41.2 Å². The molecular formula is C31H31FN2O5. The molecule has 2 saturated heterocycles. The van der Waals surface area contributed by atoms with Gasteiger partial charge in [-0.05, 0) is 72.9 Å². The van der Waals surface area contributed by atoms with Gasteiger partial charge in [-0.15, -0.1) is 0 Å². The number of anilines is 3. The average molecular weight is 531 g/mol. The molecule has 7 nitrogen and oxygen atoms in total. The lowest BCUT2D eigenvalue weighted by atomic mass is 9.62. The number of carbonyl (C=O) groups excluding carboxylic acids is 2. The fraction of sp³-hybridized carbons (Fsp3) is 0.355. The molecule has 2 aliphatic heterocycles. The molecular weight excluding hydrogens is 499 g/mol. The number of ether oxygens (including phenoxy) is 1. The van der Waals surface area contributed by atoms with Crippen LogP contribution in [0.15, 0.2) is 72.8 Å². The summed E-state index contributed by atoms with van der Waals surface area (Å²) in [6.45, 7) is 3.93. The third-order valence-corrected chi connectivity index (χ3v) is 8.62. The van der Waals surface area contributed by atoms with Gasteiger partial charge in [0.25, 0.3) is 0 Å². The zero-order chi connectivity index (χ0) is 27.5. The molecule has 202 valence electrons. The molecule has 1 aliphatic carbocycles. The van der Waals surface area contributed by atoms with Gasteiger partial charge in [0.05, 0.1) is 23.6 Å².